The third-order valence-corrected chi connectivity index (χ3v) is 6.14. The number of hydrogen-bond donors (Lipinski definition) is 1. The Morgan fingerprint density at radius 2 is 2.24 bits per heavy atom. The van der Waals surface area contributed by atoms with Crippen molar-refractivity contribution in [3.8, 4) is 0 Å². The van der Waals surface area contributed by atoms with Gasteiger partial charge >= 0.3 is 0 Å². The topological polar surface area (TPSA) is 34.4 Å². The zero-order valence-corrected chi connectivity index (χ0v) is 14.0. The van der Waals surface area contributed by atoms with Gasteiger partial charge in [-0.15, -0.1) is 0 Å². The summed E-state index contributed by atoms with van der Waals surface area (Å²) in [5, 5.41) is 3.55. The fourth-order valence-corrected chi connectivity index (χ4v) is 5.24. The van der Waals surface area contributed by atoms with Crippen LogP contribution in [0.5, 0.6) is 0 Å². The maximum atomic E-state index is 6.24. The van der Waals surface area contributed by atoms with E-state index in [1.807, 2.05) is 6.26 Å². The van der Waals surface area contributed by atoms with Crippen LogP contribution in [0.4, 0.5) is 0 Å². The fourth-order valence-electron chi connectivity index (χ4n) is 4.00. The lowest BCUT2D eigenvalue weighted by Crippen LogP contribution is -2.45. The molecule has 3 nitrogen and oxygen atoms in total. The van der Waals surface area contributed by atoms with Crippen LogP contribution in [0, 0.1) is 5.92 Å². The Morgan fingerprint density at radius 3 is 2.95 bits per heavy atom. The second-order valence-electron chi connectivity index (χ2n) is 6.32. The molecule has 0 radical (unpaired) electrons. The molecule has 1 N–H and O–H groups in total. The van der Waals surface area contributed by atoms with E-state index in [-0.39, 0.29) is 5.60 Å². The molecule has 2 aliphatic rings. The molecule has 0 saturated carbocycles. The van der Waals surface area contributed by atoms with Crippen molar-refractivity contribution in [2.75, 3.05) is 25.2 Å². The minimum absolute atomic E-state index is 0.152. The highest BCUT2D eigenvalue weighted by Crippen LogP contribution is 2.44. The van der Waals surface area contributed by atoms with E-state index in [0.29, 0.717) is 12.0 Å². The minimum atomic E-state index is 0.152. The standard InChI is InChI=1S/C17H27NO2S/c1-3-15-14(5-8-19-15)16(18-2)13-4-9-20-17(12-13)6-10-21-11-7-17/h5,8,13,16,18H,3-4,6-7,9-12H2,1-2H3. The van der Waals surface area contributed by atoms with Gasteiger partial charge in [0.1, 0.15) is 5.76 Å². The molecular weight excluding hydrogens is 282 g/mol. The van der Waals surface area contributed by atoms with Crippen LogP contribution < -0.4 is 5.32 Å². The van der Waals surface area contributed by atoms with Crippen LogP contribution in [0.15, 0.2) is 16.7 Å². The molecule has 4 heteroatoms. The van der Waals surface area contributed by atoms with E-state index in [1.165, 1.54) is 36.3 Å². The van der Waals surface area contributed by atoms with Gasteiger partial charge in [-0.1, -0.05) is 6.92 Å². The summed E-state index contributed by atoms with van der Waals surface area (Å²) in [5.74, 6) is 4.29. The summed E-state index contributed by atoms with van der Waals surface area (Å²) in [6.45, 7) is 3.08. The van der Waals surface area contributed by atoms with Crippen LogP contribution in [0.3, 0.4) is 0 Å². The molecule has 0 aromatic carbocycles. The molecule has 2 fully saturated rings. The van der Waals surface area contributed by atoms with Gasteiger partial charge in [0.05, 0.1) is 11.9 Å². The molecule has 2 atom stereocenters. The quantitative estimate of drug-likeness (QED) is 0.917. The molecule has 0 bridgehead atoms. The molecule has 1 aromatic rings. The van der Waals surface area contributed by atoms with Crippen molar-refractivity contribution >= 4 is 11.8 Å². The predicted octanol–water partition coefficient (Wildman–Crippen LogP) is 3.79. The van der Waals surface area contributed by atoms with Crippen LogP contribution in [0.1, 0.15) is 50.0 Å². The van der Waals surface area contributed by atoms with Gasteiger partial charge < -0.3 is 14.5 Å². The summed E-state index contributed by atoms with van der Waals surface area (Å²) >= 11 is 2.07. The summed E-state index contributed by atoms with van der Waals surface area (Å²) in [7, 11) is 2.08. The normalized spacial score (nSPS) is 26.9. The number of ether oxygens (including phenoxy) is 1. The average molecular weight is 309 g/mol. The van der Waals surface area contributed by atoms with Gasteiger partial charge in [0.2, 0.25) is 0 Å². The molecular formula is C17H27NO2S. The lowest BCUT2D eigenvalue weighted by atomic mass is 9.77. The van der Waals surface area contributed by atoms with Crippen LogP contribution in [0.2, 0.25) is 0 Å². The van der Waals surface area contributed by atoms with Crippen molar-refractivity contribution in [2.45, 2.75) is 50.7 Å². The molecule has 118 valence electrons. The highest BCUT2D eigenvalue weighted by atomic mass is 32.2. The third kappa shape index (κ3) is 3.17. The van der Waals surface area contributed by atoms with Gasteiger partial charge in [0.25, 0.3) is 0 Å². The first kappa shape index (κ1) is 15.4. The maximum absolute atomic E-state index is 6.24. The molecule has 2 aliphatic heterocycles. The summed E-state index contributed by atoms with van der Waals surface area (Å²) in [6.07, 6.45) is 7.58. The Balaban J connectivity index is 1.77. The van der Waals surface area contributed by atoms with Gasteiger partial charge in [0.15, 0.2) is 0 Å². The van der Waals surface area contributed by atoms with Crippen molar-refractivity contribution in [3.05, 3.63) is 23.7 Å². The predicted molar refractivity (Wildman–Crippen MR) is 87.9 cm³/mol. The molecule has 21 heavy (non-hydrogen) atoms. The number of thioether (sulfide) groups is 1. The number of furan rings is 1. The summed E-state index contributed by atoms with van der Waals surface area (Å²) in [5.41, 5.74) is 1.51. The van der Waals surface area contributed by atoms with Crippen molar-refractivity contribution < 1.29 is 9.15 Å². The van der Waals surface area contributed by atoms with Gasteiger partial charge in [-0.3, -0.25) is 0 Å². The molecule has 2 unspecified atom stereocenters. The van der Waals surface area contributed by atoms with E-state index in [2.05, 4.69) is 37.1 Å². The molecule has 0 amide bonds. The number of aryl methyl sites for hydroxylation is 1. The Bertz CT molecular complexity index is 448. The van der Waals surface area contributed by atoms with E-state index in [1.54, 1.807) is 0 Å². The van der Waals surface area contributed by atoms with Crippen LogP contribution >= 0.6 is 11.8 Å². The van der Waals surface area contributed by atoms with E-state index < -0.39 is 0 Å². The number of hydrogen-bond acceptors (Lipinski definition) is 4. The lowest BCUT2D eigenvalue weighted by Gasteiger charge is -2.45. The second-order valence-corrected chi connectivity index (χ2v) is 7.54. The number of nitrogens with one attached hydrogen (secondary N) is 1. The molecule has 3 heterocycles. The zero-order valence-electron chi connectivity index (χ0n) is 13.2. The Kier molecular flexibility index (Phi) is 4.97. The highest BCUT2D eigenvalue weighted by molar-refractivity contribution is 7.99. The van der Waals surface area contributed by atoms with Crippen LogP contribution in [0.25, 0.3) is 0 Å². The summed E-state index contributed by atoms with van der Waals surface area (Å²) < 4.78 is 11.9. The lowest BCUT2D eigenvalue weighted by molar-refractivity contribution is -0.107. The summed E-state index contributed by atoms with van der Waals surface area (Å²) in [4.78, 5) is 0. The van der Waals surface area contributed by atoms with Crippen molar-refractivity contribution in [1.29, 1.82) is 0 Å². The van der Waals surface area contributed by atoms with Gasteiger partial charge in [-0.05, 0) is 56.2 Å². The second kappa shape index (κ2) is 6.76. The first-order valence-corrected chi connectivity index (χ1v) is 9.39. The molecule has 3 rings (SSSR count). The Hall–Kier alpha value is -0.450. The average Bonchev–Trinajstić information content (AvgIpc) is 2.97. The minimum Gasteiger partial charge on any atom is -0.469 e. The summed E-state index contributed by atoms with van der Waals surface area (Å²) in [6, 6.07) is 2.55. The molecule has 0 aliphatic carbocycles. The molecule has 1 spiro atoms. The van der Waals surface area contributed by atoms with Crippen LogP contribution in [-0.4, -0.2) is 30.8 Å². The van der Waals surface area contributed by atoms with Crippen molar-refractivity contribution in [3.63, 3.8) is 0 Å². The number of rotatable bonds is 4. The molecule has 1 aromatic heterocycles. The SMILES string of the molecule is CCc1occc1C(NC)C1CCOC2(CCSCC2)C1. The van der Waals surface area contributed by atoms with Gasteiger partial charge in [-0.2, -0.15) is 11.8 Å². The van der Waals surface area contributed by atoms with Crippen LogP contribution in [-0.2, 0) is 11.2 Å². The Morgan fingerprint density at radius 1 is 1.43 bits per heavy atom. The van der Waals surface area contributed by atoms with E-state index in [0.717, 1.165) is 25.2 Å². The zero-order chi connectivity index (χ0) is 14.7. The van der Waals surface area contributed by atoms with Crippen molar-refractivity contribution in [1.82, 2.24) is 5.32 Å². The highest BCUT2D eigenvalue weighted by Gasteiger charge is 2.41. The van der Waals surface area contributed by atoms with E-state index in [4.69, 9.17) is 9.15 Å². The maximum Gasteiger partial charge on any atom is 0.108 e. The molecule has 2 saturated heterocycles. The van der Waals surface area contributed by atoms with E-state index in [9.17, 15) is 0 Å². The first-order chi connectivity index (χ1) is 10.3. The Labute approximate surface area is 132 Å². The van der Waals surface area contributed by atoms with Gasteiger partial charge in [-0.25, -0.2) is 0 Å². The smallest absolute Gasteiger partial charge is 0.108 e. The monoisotopic (exact) mass is 309 g/mol. The van der Waals surface area contributed by atoms with Crippen molar-refractivity contribution in [2.24, 2.45) is 5.92 Å². The van der Waals surface area contributed by atoms with Gasteiger partial charge in [0, 0.05) is 24.6 Å². The van der Waals surface area contributed by atoms with E-state index >= 15 is 0 Å². The first-order valence-electron chi connectivity index (χ1n) is 8.23. The largest absolute Gasteiger partial charge is 0.469 e. The fraction of sp³-hybridized carbons (Fsp3) is 0.765. The third-order valence-electron chi connectivity index (χ3n) is 5.15.